The third-order valence-corrected chi connectivity index (χ3v) is 8.38. The number of rotatable bonds is 12. The Balaban J connectivity index is 1.37. The van der Waals surface area contributed by atoms with Gasteiger partial charge in [-0.3, -0.25) is 9.59 Å². The van der Waals surface area contributed by atoms with Gasteiger partial charge in [0, 0.05) is 18.8 Å². The molecule has 1 aliphatic heterocycles. The number of benzene rings is 3. The van der Waals surface area contributed by atoms with E-state index in [0.29, 0.717) is 31.5 Å². The second-order valence-electron chi connectivity index (χ2n) is 11.3. The van der Waals surface area contributed by atoms with Crippen LogP contribution in [-0.2, 0) is 35.3 Å². The van der Waals surface area contributed by atoms with Gasteiger partial charge in [-0.1, -0.05) is 72.8 Å². The first-order valence-electron chi connectivity index (χ1n) is 15.1. The van der Waals surface area contributed by atoms with Gasteiger partial charge in [-0.15, -0.1) is 0 Å². The number of nitrogens with zero attached hydrogens (tertiary/aromatic N) is 1. The number of hydrogen-bond acceptors (Lipinski definition) is 8. The number of aliphatic hydroxyl groups excluding tert-OH is 1. The molecule has 0 radical (unpaired) electrons. The highest BCUT2D eigenvalue weighted by molar-refractivity contribution is 5.91. The van der Waals surface area contributed by atoms with Crippen molar-refractivity contribution in [1.29, 1.82) is 0 Å². The quantitative estimate of drug-likeness (QED) is 0.264. The first kappa shape index (κ1) is 33.2. The van der Waals surface area contributed by atoms with Gasteiger partial charge >= 0.3 is 11.9 Å². The fourth-order valence-electron chi connectivity index (χ4n) is 5.41. The Bertz CT molecular complexity index is 1460. The Morgan fingerprint density at radius 3 is 2.07 bits per heavy atom. The minimum atomic E-state index is -1.19. The average molecular weight is 616 g/mol. The Morgan fingerprint density at radius 1 is 0.844 bits per heavy atom. The largest absolute Gasteiger partial charge is 0.467 e. The van der Waals surface area contributed by atoms with Crippen LogP contribution in [0.5, 0.6) is 0 Å². The number of methoxy groups -OCH3 is 1. The number of aliphatic hydroxyl groups is 1. The first-order chi connectivity index (χ1) is 21.7. The molecule has 1 saturated heterocycles. The molecule has 3 atom stereocenters. The molecule has 1 fully saturated rings. The second kappa shape index (κ2) is 15.3. The Morgan fingerprint density at radius 2 is 1.44 bits per heavy atom. The summed E-state index contributed by atoms with van der Waals surface area (Å²) in [6, 6.07) is 24.8. The molecular formula is C35H41N3O7. The van der Waals surface area contributed by atoms with Gasteiger partial charge in [0.05, 0.1) is 25.6 Å². The summed E-state index contributed by atoms with van der Waals surface area (Å²) >= 11 is 0. The van der Waals surface area contributed by atoms with Gasteiger partial charge in [0.15, 0.2) is 6.04 Å². The Labute approximate surface area is 263 Å². The van der Waals surface area contributed by atoms with Crippen molar-refractivity contribution < 1.29 is 33.8 Å². The van der Waals surface area contributed by atoms with E-state index in [1.165, 1.54) is 7.11 Å². The van der Waals surface area contributed by atoms with E-state index in [4.69, 9.17) is 9.47 Å². The van der Waals surface area contributed by atoms with Gasteiger partial charge in [0.1, 0.15) is 12.1 Å². The van der Waals surface area contributed by atoms with Crippen LogP contribution in [-0.4, -0.2) is 67.2 Å². The zero-order valence-corrected chi connectivity index (χ0v) is 25.9. The summed E-state index contributed by atoms with van der Waals surface area (Å²) in [5, 5.41) is 15.4. The van der Waals surface area contributed by atoms with Crippen molar-refractivity contribution in [2.24, 2.45) is 0 Å². The summed E-state index contributed by atoms with van der Waals surface area (Å²) in [4.78, 5) is 53.9. The monoisotopic (exact) mass is 615 g/mol. The van der Waals surface area contributed by atoms with Gasteiger partial charge in [-0.2, -0.15) is 0 Å². The van der Waals surface area contributed by atoms with Crippen LogP contribution in [0.25, 0.3) is 0 Å². The highest BCUT2D eigenvalue weighted by Gasteiger charge is 2.44. The van der Waals surface area contributed by atoms with E-state index in [1.54, 1.807) is 6.92 Å². The van der Waals surface area contributed by atoms with Crippen LogP contribution in [0.4, 0.5) is 5.69 Å². The van der Waals surface area contributed by atoms with Crippen LogP contribution in [0, 0.1) is 0 Å². The van der Waals surface area contributed by atoms with E-state index in [1.807, 2.05) is 91.9 Å². The lowest BCUT2D eigenvalue weighted by molar-refractivity contribution is -0.152. The van der Waals surface area contributed by atoms with E-state index in [-0.39, 0.29) is 12.5 Å². The van der Waals surface area contributed by atoms with Crippen molar-refractivity contribution in [3.8, 4) is 0 Å². The summed E-state index contributed by atoms with van der Waals surface area (Å²) in [7, 11) is 1.32. The van der Waals surface area contributed by atoms with E-state index in [0.717, 1.165) is 16.8 Å². The predicted molar refractivity (Wildman–Crippen MR) is 169 cm³/mol. The SMILES string of the molecule is COC(=O)C1(NC(=O)C(C)c2ccccc2)CCN(c2cccc(C(C)C(=O)N[C@@H](CO)C(=O)OCc3ccccc3)c2)CC1. The fourth-order valence-corrected chi connectivity index (χ4v) is 5.41. The molecule has 0 saturated carbocycles. The number of nitrogens with one attached hydrogen (secondary N) is 2. The minimum absolute atomic E-state index is 0.0342. The number of carbonyl (C=O) groups excluding carboxylic acids is 4. The van der Waals surface area contributed by atoms with Crippen molar-refractivity contribution >= 4 is 29.4 Å². The van der Waals surface area contributed by atoms with Crippen LogP contribution < -0.4 is 15.5 Å². The molecule has 238 valence electrons. The zero-order chi connectivity index (χ0) is 32.4. The standard InChI is InChI=1S/C35H41N3O7/c1-24(27-13-8-5-9-14-27)32(41)37-35(34(43)44-3)17-19-38(20-18-35)29-16-10-15-28(21-29)25(2)31(40)36-30(22-39)33(42)45-23-26-11-6-4-7-12-26/h4-16,21,24-25,30,39H,17-20,22-23H2,1-3H3,(H,36,40)(H,37,41)/t24?,25?,30-/m0/s1. The zero-order valence-electron chi connectivity index (χ0n) is 25.9. The van der Waals surface area contributed by atoms with Crippen molar-refractivity contribution in [2.45, 2.75) is 56.7 Å². The number of ether oxygens (including phenoxy) is 2. The number of carbonyl (C=O) groups is 4. The number of amides is 2. The van der Waals surface area contributed by atoms with Gasteiger partial charge in [0.2, 0.25) is 11.8 Å². The minimum Gasteiger partial charge on any atom is -0.467 e. The van der Waals surface area contributed by atoms with Gasteiger partial charge in [0.25, 0.3) is 0 Å². The molecule has 1 heterocycles. The van der Waals surface area contributed by atoms with Crippen molar-refractivity contribution in [1.82, 2.24) is 10.6 Å². The third kappa shape index (κ3) is 8.27. The molecule has 0 spiro atoms. The summed E-state index contributed by atoms with van der Waals surface area (Å²) in [5.41, 5.74) is 2.08. The first-order valence-corrected chi connectivity index (χ1v) is 15.1. The van der Waals surface area contributed by atoms with E-state index in [2.05, 4.69) is 15.5 Å². The molecule has 0 bridgehead atoms. The van der Waals surface area contributed by atoms with Crippen LogP contribution in [0.3, 0.4) is 0 Å². The molecule has 10 heteroatoms. The molecule has 0 aromatic heterocycles. The second-order valence-corrected chi connectivity index (χ2v) is 11.3. The normalized spacial score (nSPS) is 16.0. The molecule has 2 unspecified atom stereocenters. The topological polar surface area (TPSA) is 134 Å². The molecule has 0 aliphatic carbocycles. The lowest BCUT2D eigenvalue weighted by atomic mass is 9.85. The Hall–Kier alpha value is -4.70. The van der Waals surface area contributed by atoms with Crippen LogP contribution in [0.15, 0.2) is 84.9 Å². The molecule has 1 aliphatic rings. The van der Waals surface area contributed by atoms with Crippen molar-refractivity contribution in [3.63, 3.8) is 0 Å². The fraction of sp³-hybridized carbons (Fsp3) is 0.371. The van der Waals surface area contributed by atoms with E-state index in [9.17, 15) is 24.3 Å². The smallest absolute Gasteiger partial charge is 0.331 e. The number of piperidine rings is 1. The Kier molecular flexibility index (Phi) is 11.3. The van der Waals surface area contributed by atoms with Crippen molar-refractivity contribution in [2.75, 3.05) is 31.7 Å². The number of esters is 2. The third-order valence-electron chi connectivity index (χ3n) is 8.38. The molecule has 45 heavy (non-hydrogen) atoms. The summed E-state index contributed by atoms with van der Waals surface area (Å²) in [6.07, 6.45) is 0.687. The van der Waals surface area contributed by atoms with Crippen molar-refractivity contribution in [3.05, 3.63) is 102 Å². The average Bonchev–Trinajstić information content (AvgIpc) is 3.09. The predicted octanol–water partition coefficient (Wildman–Crippen LogP) is 3.44. The highest BCUT2D eigenvalue weighted by atomic mass is 16.5. The number of hydrogen-bond donors (Lipinski definition) is 3. The molecule has 3 aromatic carbocycles. The van der Waals surface area contributed by atoms with Crippen LogP contribution in [0.2, 0.25) is 0 Å². The summed E-state index contributed by atoms with van der Waals surface area (Å²) < 4.78 is 10.4. The van der Waals surface area contributed by atoms with E-state index < -0.39 is 47.9 Å². The van der Waals surface area contributed by atoms with Crippen LogP contribution >= 0.6 is 0 Å². The maximum Gasteiger partial charge on any atom is 0.331 e. The molecule has 3 aromatic rings. The van der Waals surface area contributed by atoms with E-state index >= 15 is 0 Å². The van der Waals surface area contributed by atoms with Gasteiger partial charge in [-0.25, -0.2) is 9.59 Å². The lowest BCUT2D eigenvalue weighted by Crippen LogP contribution is -2.61. The number of anilines is 1. The molecular weight excluding hydrogens is 574 g/mol. The molecule has 4 rings (SSSR count). The van der Waals surface area contributed by atoms with Gasteiger partial charge < -0.3 is 30.1 Å². The maximum atomic E-state index is 13.2. The lowest BCUT2D eigenvalue weighted by Gasteiger charge is -2.41. The molecule has 3 N–H and O–H groups in total. The van der Waals surface area contributed by atoms with Gasteiger partial charge in [-0.05, 0) is 55.5 Å². The summed E-state index contributed by atoms with van der Waals surface area (Å²) in [6.45, 7) is 3.91. The molecule has 2 amide bonds. The molecule has 10 nitrogen and oxygen atoms in total. The maximum absolute atomic E-state index is 13.2. The summed E-state index contributed by atoms with van der Waals surface area (Å²) in [5.74, 6) is -2.93. The highest BCUT2D eigenvalue weighted by Crippen LogP contribution is 2.30. The van der Waals surface area contributed by atoms with Crippen LogP contribution in [0.1, 0.15) is 55.2 Å².